The van der Waals surface area contributed by atoms with E-state index in [9.17, 15) is 9.90 Å². The predicted molar refractivity (Wildman–Crippen MR) is 171 cm³/mol. The SMILES string of the molecule is Cc1cc(C)c(Oc2nn(C(C)(C)C)cc2Br)c(C)c1.Cc1cc(C)c(Oc2nn(C(C)(C)C)cc2C(=O)O)c(C)c1. The van der Waals surface area contributed by atoms with Gasteiger partial charge in [0.2, 0.25) is 0 Å². The van der Waals surface area contributed by atoms with Gasteiger partial charge in [0.1, 0.15) is 17.1 Å². The second-order valence-corrected chi connectivity index (χ2v) is 13.7. The Bertz CT molecular complexity index is 1560. The van der Waals surface area contributed by atoms with Crippen LogP contribution in [0.1, 0.15) is 85.3 Å². The van der Waals surface area contributed by atoms with Gasteiger partial charge in [-0.1, -0.05) is 35.4 Å². The van der Waals surface area contributed by atoms with Gasteiger partial charge in [0, 0.05) is 12.4 Å². The number of aromatic nitrogens is 4. The van der Waals surface area contributed by atoms with E-state index < -0.39 is 5.97 Å². The van der Waals surface area contributed by atoms with E-state index >= 15 is 0 Å². The molecule has 42 heavy (non-hydrogen) atoms. The van der Waals surface area contributed by atoms with Crippen molar-refractivity contribution in [3.8, 4) is 23.3 Å². The summed E-state index contributed by atoms with van der Waals surface area (Å²) in [5, 5.41) is 18.2. The summed E-state index contributed by atoms with van der Waals surface area (Å²) < 4.78 is 16.3. The summed E-state index contributed by atoms with van der Waals surface area (Å²) in [7, 11) is 0. The van der Waals surface area contributed by atoms with Crippen LogP contribution in [-0.2, 0) is 11.1 Å². The third-order valence-corrected chi connectivity index (χ3v) is 7.07. The number of hydrogen-bond donors (Lipinski definition) is 1. The second kappa shape index (κ2) is 12.3. The van der Waals surface area contributed by atoms with Crippen LogP contribution in [0.4, 0.5) is 0 Å². The first-order valence-corrected chi connectivity index (χ1v) is 14.7. The number of nitrogens with zero attached hydrogens (tertiary/aromatic N) is 4. The Morgan fingerprint density at radius 3 is 1.40 bits per heavy atom. The van der Waals surface area contributed by atoms with Crippen LogP contribution >= 0.6 is 15.9 Å². The first-order chi connectivity index (χ1) is 19.3. The standard InChI is InChI=1S/C17H22N2O3.C16H21BrN2O/c1-10-7-11(2)14(12(3)8-10)22-15-13(16(20)21)9-19(18-15)17(4,5)6;1-10-7-11(2)14(12(3)8-10)20-15-13(17)9-19(18-15)16(4,5)6/h7-9H,1-6H3,(H,20,21);7-9H,1-6H3. The Morgan fingerprint density at radius 2 is 1.05 bits per heavy atom. The third-order valence-electron chi connectivity index (χ3n) is 6.53. The van der Waals surface area contributed by atoms with Gasteiger partial charge in [-0.25, -0.2) is 4.79 Å². The minimum Gasteiger partial charge on any atom is -0.477 e. The Kier molecular flexibility index (Phi) is 9.67. The highest BCUT2D eigenvalue weighted by molar-refractivity contribution is 9.10. The molecule has 0 saturated carbocycles. The van der Waals surface area contributed by atoms with Crippen LogP contribution in [0, 0.1) is 41.5 Å². The van der Waals surface area contributed by atoms with E-state index in [4.69, 9.17) is 9.47 Å². The van der Waals surface area contributed by atoms with Crippen LogP contribution in [-0.4, -0.2) is 30.6 Å². The molecule has 4 aromatic rings. The number of aromatic carboxylic acids is 1. The molecule has 0 radical (unpaired) electrons. The molecule has 0 aliphatic carbocycles. The maximum absolute atomic E-state index is 11.4. The summed E-state index contributed by atoms with van der Waals surface area (Å²) in [4.78, 5) is 11.4. The van der Waals surface area contributed by atoms with E-state index in [-0.39, 0.29) is 22.5 Å². The molecule has 8 nitrogen and oxygen atoms in total. The lowest BCUT2D eigenvalue weighted by atomic mass is 10.1. The molecule has 0 amide bonds. The molecule has 0 atom stereocenters. The van der Waals surface area contributed by atoms with Crippen LogP contribution in [0.5, 0.6) is 23.3 Å². The molecule has 0 saturated heterocycles. The fourth-order valence-electron chi connectivity index (χ4n) is 4.52. The van der Waals surface area contributed by atoms with E-state index in [1.807, 2.05) is 64.6 Å². The molecule has 9 heteroatoms. The minimum absolute atomic E-state index is 0.0642. The number of ether oxygens (including phenoxy) is 2. The molecule has 0 bridgehead atoms. The monoisotopic (exact) mass is 638 g/mol. The van der Waals surface area contributed by atoms with Crippen LogP contribution in [0.15, 0.2) is 41.1 Å². The van der Waals surface area contributed by atoms with Crippen molar-refractivity contribution in [1.29, 1.82) is 0 Å². The third kappa shape index (κ3) is 7.82. The van der Waals surface area contributed by atoms with Gasteiger partial charge in [-0.05, 0) is 121 Å². The largest absolute Gasteiger partial charge is 0.477 e. The quantitative estimate of drug-likeness (QED) is 0.234. The molecular formula is C33H43BrN4O4. The lowest BCUT2D eigenvalue weighted by Gasteiger charge is -2.18. The van der Waals surface area contributed by atoms with E-state index in [1.165, 1.54) is 11.8 Å². The summed E-state index contributed by atoms with van der Waals surface area (Å²) in [6.45, 7) is 24.3. The number of carbonyl (C=O) groups is 1. The van der Waals surface area contributed by atoms with Crippen molar-refractivity contribution in [2.24, 2.45) is 0 Å². The van der Waals surface area contributed by atoms with Crippen molar-refractivity contribution in [3.63, 3.8) is 0 Å². The fraction of sp³-hybridized carbons (Fsp3) is 0.424. The molecule has 0 fully saturated rings. The van der Waals surface area contributed by atoms with Gasteiger partial charge in [-0.3, -0.25) is 9.36 Å². The lowest BCUT2D eigenvalue weighted by Crippen LogP contribution is -2.22. The summed E-state index contributed by atoms with van der Waals surface area (Å²) in [6, 6.07) is 8.25. The summed E-state index contributed by atoms with van der Waals surface area (Å²) in [5.74, 6) is 1.23. The first-order valence-electron chi connectivity index (χ1n) is 13.9. The smallest absolute Gasteiger partial charge is 0.342 e. The average molecular weight is 640 g/mol. The van der Waals surface area contributed by atoms with Gasteiger partial charge < -0.3 is 14.6 Å². The van der Waals surface area contributed by atoms with Gasteiger partial charge in [-0.2, -0.15) is 0 Å². The van der Waals surface area contributed by atoms with Gasteiger partial charge in [0.15, 0.2) is 0 Å². The molecule has 0 unspecified atom stereocenters. The van der Waals surface area contributed by atoms with Crippen molar-refractivity contribution in [1.82, 2.24) is 19.6 Å². The van der Waals surface area contributed by atoms with Crippen molar-refractivity contribution in [3.05, 3.63) is 80.1 Å². The maximum atomic E-state index is 11.4. The van der Waals surface area contributed by atoms with Crippen LogP contribution in [0.2, 0.25) is 0 Å². The van der Waals surface area contributed by atoms with Crippen LogP contribution in [0.25, 0.3) is 0 Å². The molecule has 1 N–H and O–H groups in total. The molecule has 226 valence electrons. The minimum atomic E-state index is -1.05. The zero-order valence-corrected chi connectivity index (χ0v) is 28.4. The Labute approximate surface area is 257 Å². The average Bonchev–Trinajstić information content (AvgIpc) is 3.43. The van der Waals surface area contributed by atoms with Crippen LogP contribution in [0.3, 0.4) is 0 Å². The van der Waals surface area contributed by atoms with Gasteiger partial charge in [0.25, 0.3) is 11.8 Å². The zero-order valence-electron chi connectivity index (χ0n) is 26.8. The highest BCUT2D eigenvalue weighted by atomic mass is 79.9. The van der Waals surface area contributed by atoms with Gasteiger partial charge >= 0.3 is 5.97 Å². The number of aryl methyl sites for hydroxylation is 6. The number of benzene rings is 2. The normalized spacial score (nSPS) is 11.6. The molecule has 0 spiro atoms. The Balaban J connectivity index is 0.000000231. The van der Waals surface area contributed by atoms with Gasteiger partial charge in [-0.15, -0.1) is 10.2 Å². The first kappa shape index (κ1) is 32.9. The topological polar surface area (TPSA) is 91.4 Å². The molecule has 4 rings (SSSR count). The number of halogens is 1. The summed E-state index contributed by atoms with van der Waals surface area (Å²) in [6.07, 6.45) is 3.46. The fourth-order valence-corrected chi connectivity index (χ4v) is 4.88. The highest BCUT2D eigenvalue weighted by Crippen LogP contribution is 2.35. The zero-order chi connectivity index (χ0) is 31.7. The Hall–Kier alpha value is -3.59. The van der Waals surface area contributed by atoms with Crippen molar-refractivity contribution >= 4 is 21.9 Å². The lowest BCUT2D eigenvalue weighted by molar-refractivity contribution is 0.0694. The molecule has 2 aromatic carbocycles. The Morgan fingerprint density at radius 1 is 0.690 bits per heavy atom. The number of rotatable bonds is 5. The van der Waals surface area contributed by atoms with E-state index in [0.29, 0.717) is 11.6 Å². The maximum Gasteiger partial charge on any atom is 0.342 e. The van der Waals surface area contributed by atoms with Crippen molar-refractivity contribution in [2.75, 3.05) is 0 Å². The molecule has 0 aliphatic rings. The van der Waals surface area contributed by atoms with Crippen molar-refractivity contribution in [2.45, 2.75) is 94.2 Å². The van der Waals surface area contributed by atoms with Gasteiger partial charge in [0.05, 0.1) is 15.6 Å². The van der Waals surface area contributed by atoms with Crippen molar-refractivity contribution < 1.29 is 19.4 Å². The molecule has 2 aromatic heterocycles. The predicted octanol–water partition coefficient (Wildman–Crippen LogP) is 9.17. The number of carboxylic acids is 1. The molecular weight excluding hydrogens is 596 g/mol. The van der Waals surface area contributed by atoms with E-state index in [0.717, 1.165) is 38.0 Å². The van der Waals surface area contributed by atoms with E-state index in [1.54, 1.807) is 4.68 Å². The molecule has 0 aliphatic heterocycles. The molecule has 2 heterocycles. The highest BCUT2D eigenvalue weighted by Gasteiger charge is 2.24. The number of carboxylic acid groups (broad SMARTS) is 1. The second-order valence-electron chi connectivity index (χ2n) is 12.8. The summed E-state index contributed by atoms with van der Waals surface area (Å²) >= 11 is 3.52. The van der Waals surface area contributed by atoms with E-state index in [2.05, 4.69) is 79.8 Å². The number of hydrogen-bond acceptors (Lipinski definition) is 5. The summed E-state index contributed by atoms with van der Waals surface area (Å²) in [5.41, 5.74) is 6.23. The van der Waals surface area contributed by atoms with Crippen LogP contribution < -0.4 is 9.47 Å².